The van der Waals surface area contributed by atoms with Gasteiger partial charge in [0.1, 0.15) is 17.3 Å². The SMILES string of the molecule is CC.Cc1nn[nH]c1C(=O)c1cc2c(s1)-c1ccc(F)cc1N(C(=O)c1ccc(NC(=O)c3cccnc3N3CC4(CCOCC4)C3)cc1)CC2. The molecule has 0 atom stereocenters. The van der Waals surface area contributed by atoms with Crippen molar-refractivity contribution < 1.29 is 23.5 Å². The summed E-state index contributed by atoms with van der Waals surface area (Å²) in [6, 6.07) is 16.4. The summed E-state index contributed by atoms with van der Waals surface area (Å²) in [5, 5.41) is 13.2. The Hall–Kier alpha value is -5.27. The number of aromatic amines is 1. The topological polar surface area (TPSA) is 133 Å². The largest absolute Gasteiger partial charge is 0.381 e. The van der Waals surface area contributed by atoms with Gasteiger partial charge in [0.2, 0.25) is 5.78 Å². The van der Waals surface area contributed by atoms with E-state index in [1.54, 1.807) is 60.5 Å². The number of rotatable bonds is 6. The summed E-state index contributed by atoms with van der Waals surface area (Å²) in [5.74, 6) is -0.608. The number of pyridine rings is 1. The van der Waals surface area contributed by atoms with E-state index in [1.165, 1.54) is 23.5 Å². The van der Waals surface area contributed by atoms with Crippen LogP contribution in [0.3, 0.4) is 0 Å². The molecule has 51 heavy (non-hydrogen) atoms. The van der Waals surface area contributed by atoms with Crippen molar-refractivity contribution >= 4 is 46.1 Å². The number of nitrogens with zero attached hydrogens (tertiary/aromatic N) is 5. The number of aryl methyl sites for hydroxylation is 1. The first-order valence-electron chi connectivity index (χ1n) is 17.1. The number of hydrogen-bond donors (Lipinski definition) is 2. The van der Waals surface area contributed by atoms with Crippen LogP contribution in [-0.2, 0) is 11.2 Å². The molecule has 5 aromatic rings. The third-order valence-corrected chi connectivity index (χ3v) is 10.9. The quantitative estimate of drug-likeness (QED) is 0.186. The van der Waals surface area contributed by atoms with Gasteiger partial charge in [-0.15, -0.1) is 16.4 Å². The van der Waals surface area contributed by atoms with Crippen molar-refractivity contribution in [3.8, 4) is 10.4 Å². The maximum atomic E-state index is 14.7. The summed E-state index contributed by atoms with van der Waals surface area (Å²) < 4.78 is 20.2. The number of benzene rings is 2. The molecule has 3 aliphatic rings. The molecule has 2 amide bonds. The molecule has 3 aromatic heterocycles. The summed E-state index contributed by atoms with van der Waals surface area (Å²) in [6.45, 7) is 9.24. The Morgan fingerprint density at radius 1 is 1.02 bits per heavy atom. The number of fused-ring (bicyclic) bond motifs is 3. The minimum Gasteiger partial charge on any atom is -0.381 e. The summed E-state index contributed by atoms with van der Waals surface area (Å²) in [4.78, 5) is 50.1. The van der Waals surface area contributed by atoms with Gasteiger partial charge in [0, 0.05) is 66.2 Å². The first kappa shape index (κ1) is 34.2. The van der Waals surface area contributed by atoms with E-state index >= 15 is 0 Å². The predicted molar refractivity (Wildman–Crippen MR) is 194 cm³/mol. The molecule has 0 bridgehead atoms. The Kier molecular flexibility index (Phi) is 9.49. The molecule has 6 heterocycles. The van der Waals surface area contributed by atoms with Gasteiger partial charge in [-0.25, -0.2) is 9.37 Å². The molecular formula is C38H38FN7O4S. The fraction of sp³-hybridized carbons (Fsp3) is 0.316. The lowest BCUT2D eigenvalue weighted by molar-refractivity contribution is -0.000510. The second kappa shape index (κ2) is 14.2. The van der Waals surface area contributed by atoms with Crippen LogP contribution in [0, 0.1) is 18.2 Å². The van der Waals surface area contributed by atoms with E-state index in [2.05, 4.69) is 30.6 Å². The van der Waals surface area contributed by atoms with Crippen LogP contribution in [0.15, 0.2) is 66.9 Å². The second-order valence-corrected chi connectivity index (χ2v) is 13.9. The fourth-order valence-electron chi connectivity index (χ4n) is 6.97. The van der Waals surface area contributed by atoms with Crippen LogP contribution in [0.5, 0.6) is 0 Å². The molecule has 8 rings (SSSR count). The van der Waals surface area contributed by atoms with Gasteiger partial charge >= 0.3 is 0 Å². The van der Waals surface area contributed by atoms with E-state index in [0.29, 0.717) is 56.6 Å². The van der Waals surface area contributed by atoms with Gasteiger partial charge in [0.25, 0.3) is 11.8 Å². The number of hydrogen-bond acceptors (Lipinski definition) is 9. The molecule has 0 radical (unpaired) electrons. The minimum absolute atomic E-state index is 0.215. The average molecular weight is 708 g/mol. The molecule has 13 heteroatoms. The van der Waals surface area contributed by atoms with Crippen molar-refractivity contribution in [2.45, 2.75) is 40.0 Å². The van der Waals surface area contributed by atoms with Gasteiger partial charge in [0.15, 0.2) is 0 Å². The van der Waals surface area contributed by atoms with Gasteiger partial charge in [-0.1, -0.05) is 19.1 Å². The van der Waals surface area contributed by atoms with E-state index in [9.17, 15) is 18.8 Å². The van der Waals surface area contributed by atoms with Crippen molar-refractivity contribution in [2.75, 3.05) is 48.0 Å². The van der Waals surface area contributed by atoms with Crippen molar-refractivity contribution in [2.24, 2.45) is 5.41 Å². The van der Waals surface area contributed by atoms with E-state index in [1.807, 2.05) is 19.9 Å². The monoisotopic (exact) mass is 707 g/mol. The van der Waals surface area contributed by atoms with Crippen LogP contribution in [0.4, 0.5) is 21.6 Å². The van der Waals surface area contributed by atoms with Crippen molar-refractivity contribution in [3.05, 3.63) is 106 Å². The number of H-pyrrole nitrogens is 1. The lowest BCUT2D eigenvalue weighted by atomic mass is 9.73. The number of carbonyl (C=O) groups is 3. The molecule has 2 N–H and O–H groups in total. The third kappa shape index (κ3) is 6.54. The maximum Gasteiger partial charge on any atom is 0.259 e. The molecule has 0 saturated carbocycles. The zero-order chi connectivity index (χ0) is 35.7. The molecular weight excluding hydrogens is 670 g/mol. The molecule has 2 fully saturated rings. The fourth-order valence-corrected chi connectivity index (χ4v) is 8.16. The van der Waals surface area contributed by atoms with Crippen LogP contribution in [0.2, 0.25) is 0 Å². The Bertz CT molecular complexity index is 2100. The van der Waals surface area contributed by atoms with Crippen LogP contribution in [0.1, 0.15) is 74.0 Å². The van der Waals surface area contributed by atoms with Gasteiger partial charge in [-0.2, -0.15) is 0 Å². The van der Waals surface area contributed by atoms with Gasteiger partial charge < -0.3 is 19.9 Å². The van der Waals surface area contributed by atoms with E-state index in [0.717, 1.165) is 49.6 Å². The smallest absolute Gasteiger partial charge is 0.259 e. The van der Waals surface area contributed by atoms with Crippen LogP contribution in [-0.4, -0.2) is 70.8 Å². The average Bonchev–Trinajstić information content (AvgIpc) is 3.74. The maximum absolute atomic E-state index is 14.7. The molecule has 11 nitrogen and oxygen atoms in total. The van der Waals surface area contributed by atoms with E-state index < -0.39 is 5.82 Å². The predicted octanol–water partition coefficient (Wildman–Crippen LogP) is 6.70. The molecule has 0 aliphatic carbocycles. The van der Waals surface area contributed by atoms with Gasteiger partial charge in [-0.05, 0) is 92.4 Å². The Morgan fingerprint density at radius 3 is 2.51 bits per heavy atom. The number of anilines is 3. The highest BCUT2D eigenvalue weighted by Gasteiger charge is 2.45. The standard InChI is InChI=1S/C36H32FN7O4S.C2H6/c1-21-30(41-42-40-21)31(45)29-17-23-10-14-44(28-18-24(37)6-9-26(28)32(23)49-29)35(47)22-4-7-25(8-5-22)39-34(46)27-3-2-13-38-33(27)43-19-36(20-43)11-15-48-16-12-36;1-2/h2-9,13,17-18H,10-12,14-16,19-20H2,1H3,(H,39,46)(H,40,41,42);1-2H3. The van der Waals surface area contributed by atoms with Crippen LogP contribution >= 0.6 is 11.3 Å². The Morgan fingerprint density at radius 2 is 1.78 bits per heavy atom. The molecule has 2 aromatic carbocycles. The second-order valence-electron chi connectivity index (χ2n) is 12.8. The number of amides is 2. The number of thiophene rings is 1. The zero-order valence-corrected chi connectivity index (χ0v) is 29.5. The number of carbonyl (C=O) groups excluding carboxylic acids is 3. The van der Waals surface area contributed by atoms with Crippen LogP contribution in [0.25, 0.3) is 10.4 Å². The summed E-state index contributed by atoms with van der Waals surface area (Å²) in [5.41, 5.74) is 4.48. The summed E-state index contributed by atoms with van der Waals surface area (Å²) >= 11 is 1.30. The van der Waals surface area contributed by atoms with Crippen LogP contribution < -0.4 is 15.1 Å². The summed E-state index contributed by atoms with van der Waals surface area (Å²) in [6.07, 6.45) is 4.20. The number of ether oxygens (including phenoxy) is 1. The number of aromatic nitrogens is 4. The number of nitrogens with one attached hydrogen (secondary N) is 2. The first-order chi connectivity index (χ1) is 24.8. The minimum atomic E-state index is -0.471. The number of ketones is 1. The first-order valence-corrected chi connectivity index (χ1v) is 18.0. The molecule has 1 spiro atoms. The highest BCUT2D eigenvalue weighted by molar-refractivity contribution is 7.17. The Labute approximate surface area is 298 Å². The molecule has 0 unspecified atom stereocenters. The zero-order valence-electron chi connectivity index (χ0n) is 28.7. The van der Waals surface area contributed by atoms with Gasteiger partial charge in [-0.3, -0.25) is 19.5 Å². The highest BCUT2D eigenvalue weighted by atomic mass is 32.1. The van der Waals surface area contributed by atoms with Crippen molar-refractivity contribution in [1.29, 1.82) is 0 Å². The lowest BCUT2D eigenvalue weighted by Crippen LogP contribution is -2.59. The van der Waals surface area contributed by atoms with Crippen molar-refractivity contribution in [1.82, 2.24) is 20.4 Å². The molecule has 2 saturated heterocycles. The number of halogens is 1. The lowest BCUT2D eigenvalue weighted by Gasteiger charge is -2.53. The normalized spacial score (nSPS) is 15.8. The van der Waals surface area contributed by atoms with Gasteiger partial charge in [0.05, 0.1) is 21.8 Å². The van der Waals surface area contributed by atoms with E-state index in [-0.39, 0.29) is 29.6 Å². The van der Waals surface area contributed by atoms with E-state index in [4.69, 9.17) is 4.74 Å². The highest BCUT2D eigenvalue weighted by Crippen LogP contribution is 2.44. The van der Waals surface area contributed by atoms with Crippen molar-refractivity contribution in [3.63, 3.8) is 0 Å². The third-order valence-electron chi connectivity index (χ3n) is 9.66. The Balaban J connectivity index is 0.00000200. The molecule has 262 valence electrons. The summed E-state index contributed by atoms with van der Waals surface area (Å²) in [7, 11) is 0. The molecule has 3 aliphatic heterocycles.